The number of piperidine rings is 1. The molecule has 1 aromatic carbocycles. The van der Waals surface area contributed by atoms with Crippen molar-refractivity contribution in [3.05, 3.63) is 34.3 Å². The lowest BCUT2D eigenvalue weighted by Gasteiger charge is -2.48. The Kier molecular flexibility index (Phi) is 9.20. The second kappa shape index (κ2) is 11.7. The van der Waals surface area contributed by atoms with E-state index in [2.05, 4.69) is 17.0 Å². The first-order valence-electron chi connectivity index (χ1n) is 12.0. The van der Waals surface area contributed by atoms with Gasteiger partial charge >= 0.3 is 5.76 Å². The fourth-order valence-electron chi connectivity index (χ4n) is 5.45. The smallest absolute Gasteiger partial charge is 0.408 e. The molecule has 0 bridgehead atoms. The van der Waals surface area contributed by atoms with Gasteiger partial charge in [0, 0.05) is 37.3 Å². The summed E-state index contributed by atoms with van der Waals surface area (Å²) >= 11 is 0. The number of oxime groups is 1. The molecule has 2 aliphatic rings. The Bertz CT molecular complexity index is 1020. The molecule has 190 valence electrons. The summed E-state index contributed by atoms with van der Waals surface area (Å²) in [7, 11) is 3.24. The number of fused-ring (bicyclic) bond motifs is 1. The quantitative estimate of drug-likeness (QED) is 0.307. The van der Waals surface area contributed by atoms with Crippen LogP contribution in [-0.2, 0) is 14.3 Å². The van der Waals surface area contributed by atoms with Crippen molar-refractivity contribution in [1.29, 1.82) is 0 Å². The first kappa shape index (κ1) is 26.7. The number of benzene rings is 1. The molecule has 1 aliphatic carbocycles. The molecule has 4 rings (SSSR count). The van der Waals surface area contributed by atoms with Gasteiger partial charge in [-0.15, -0.1) is 12.4 Å². The van der Waals surface area contributed by atoms with Crippen molar-refractivity contribution in [1.82, 2.24) is 9.47 Å². The minimum absolute atomic E-state index is 0. The highest BCUT2D eigenvalue weighted by molar-refractivity contribution is 6.00. The number of halogens is 1. The summed E-state index contributed by atoms with van der Waals surface area (Å²) in [6.45, 7) is 7.59. The second-order valence-corrected chi connectivity index (χ2v) is 9.56. The Balaban J connectivity index is 0.00000324. The van der Waals surface area contributed by atoms with E-state index >= 15 is 0 Å². The molecule has 2 heterocycles. The van der Waals surface area contributed by atoms with Gasteiger partial charge in [0.25, 0.3) is 0 Å². The van der Waals surface area contributed by atoms with Gasteiger partial charge in [0.1, 0.15) is 7.11 Å². The highest BCUT2D eigenvalue weighted by Gasteiger charge is 2.38. The molecule has 2 aromatic rings. The number of likely N-dealkylation sites (tertiary alicyclic amines) is 1. The van der Waals surface area contributed by atoms with Crippen molar-refractivity contribution in [2.45, 2.75) is 70.1 Å². The van der Waals surface area contributed by atoms with Crippen molar-refractivity contribution >= 4 is 29.2 Å². The minimum atomic E-state index is -0.276. The zero-order chi connectivity index (χ0) is 23.4. The molecule has 1 aromatic heterocycles. The second-order valence-electron chi connectivity index (χ2n) is 9.56. The summed E-state index contributed by atoms with van der Waals surface area (Å²) in [4.78, 5) is 20.3. The third kappa shape index (κ3) is 5.67. The normalized spacial score (nSPS) is 24.8. The molecule has 0 amide bonds. The maximum Gasteiger partial charge on any atom is 0.420 e. The fourth-order valence-corrected chi connectivity index (χ4v) is 5.45. The highest BCUT2D eigenvalue weighted by atomic mass is 35.5. The van der Waals surface area contributed by atoms with Crippen LogP contribution in [0.2, 0.25) is 0 Å². The van der Waals surface area contributed by atoms with Crippen LogP contribution in [0.25, 0.3) is 11.1 Å². The van der Waals surface area contributed by atoms with E-state index < -0.39 is 0 Å². The van der Waals surface area contributed by atoms with E-state index in [1.165, 1.54) is 7.11 Å². The van der Waals surface area contributed by atoms with Crippen LogP contribution in [-0.4, -0.2) is 67.3 Å². The maximum absolute atomic E-state index is 12.7. The van der Waals surface area contributed by atoms with Crippen LogP contribution >= 0.6 is 12.4 Å². The molecule has 0 atom stereocenters. The maximum atomic E-state index is 12.7. The van der Waals surface area contributed by atoms with Gasteiger partial charge in [-0.05, 0) is 70.6 Å². The van der Waals surface area contributed by atoms with Gasteiger partial charge in [0.15, 0.2) is 5.58 Å². The third-order valence-electron chi connectivity index (χ3n) is 7.50. The molecule has 0 radical (unpaired) electrons. The van der Waals surface area contributed by atoms with Gasteiger partial charge < -0.3 is 18.7 Å². The van der Waals surface area contributed by atoms with Crippen molar-refractivity contribution in [2.24, 2.45) is 5.16 Å². The molecule has 1 aliphatic heterocycles. The van der Waals surface area contributed by atoms with Crippen LogP contribution in [0.1, 0.15) is 64.0 Å². The number of nitrogens with zero attached hydrogens (tertiary/aromatic N) is 3. The molecule has 9 heteroatoms. The topological polar surface area (TPSA) is 78.4 Å². The lowest BCUT2D eigenvalue weighted by Crippen LogP contribution is -2.53. The van der Waals surface area contributed by atoms with Crippen LogP contribution in [0, 0.1) is 0 Å². The van der Waals surface area contributed by atoms with Crippen molar-refractivity contribution in [2.75, 3.05) is 40.5 Å². The van der Waals surface area contributed by atoms with Gasteiger partial charge in [0.2, 0.25) is 0 Å². The molecule has 1 saturated heterocycles. The van der Waals surface area contributed by atoms with Gasteiger partial charge in [-0.1, -0.05) is 5.16 Å². The van der Waals surface area contributed by atoms with E-state index in [0.29, 0.717) is 24.9 Å². The van der Waals surface area contributed by atoms with Crippen LogP contribution in [0.15, 0.2) is 32.6 Å². The van der Waals surface area contributed by atoms with E-state index in [1.807, 2.05) is 29.7 Å². The lowest BCUT2D eigenvalue weighted by molar-refractivity contribution is -0.0419. The van der Waals surface area contributed by atoms with Crippen molar-refractivity contribution in [3.8, 4) is 0 Å². The van der Waals surface area contributed by atoms with Crippen LogP contribution in [0.4, 0.5) is 0 Å². The number of oxazole rings is 1. The molecule has 34 heavy (non-hydrogen) atoms. The molecule has 0 spiro atoms. The van der Waals surface area contributed by atoms with Crippen molar-refractivity contribution < 1.29 is 18.7 Å². The molecule has 0 unspecified atom stereocenters. The molecule has 8 nitrogen and oxygen atoms in total. The largest absolute Gasteiger partial charge is 0.420 e. The molecule has 0 N–H and O–H groups in total. The van der Waals surface area contributed by atoms with Gasteiger partial charge in [-0.2, -0.15) is 0 Å². The fraction of sp³-hybridized carbons (Fsp3) is 0.680. The number of ether oxygens (including phenoxy) is 2. The lowest BCUT2D eigenvalue weighted by atomic mass is 9.79. The number of hydrogen-bond donors (Lipinski definition) is 0. The van der Waals surface area contributed by atoms with Gasteiger partial charge in [-0.25, -0.2) is 4.79 Å². The Morgan fingerprint density at radius 2 is 1.85 bits per heavy atom. The molecule has 1 saturated carbocycles. The Morgan fingerprint density at radius 1 is 1.15 bits per heavy atom. The number of rotatable bonds is 8. The summed E-state index contributed by atoms with van der Waals surface area (Å²) in [6.07, 6.45) is 6.70. The summed E-state index contributed by atoms with van der Waals surface area (Å²) in [5.74, 6) is -0.276. The van der Waals surface area contributed by atoms with Gasteiger partial charge in [-0.3, -0.25) is 9.47 Å². The first-order valence-corrected chi connectivity index (χ1v) is 12.0. The zero-order valence-corrected chi connectivity index (χ0v) is 21.6. The van der Waals surface area contributed by atoms with E-state index in [1.54, 1.807) is 7.11 Å². The monoisotopic (exact) mass is 495 g/mol. The molecular weight excluding hydrogens is 458 g/mol. The summed E-state index contributed by atoms with van der Waals surface area (Å²) in [5.41, 5.74) is 3.35. The summed E-state index contributed by atoms with van der Waals surface area (Å²) in [5, 5.41) is 4.02. The average molecular weight is 496 g/mol. The standard InChI is InChI=1S/C25H37N3O5.ClH/c1-18(26-31-4)19-5-6-23-22(17-19)28(24(29)33-23)20-9-13-27(14-10-20)25(2)11-7-21(8-12-25)32-16-15-30-3;/h5-6,17,20-21H,7-16H2,1-4H3;1H/t21-,25-;. The van der Waals surface area contributed by atoms with E-state index in [-0.39, 0.29) is 29.7 Å². The Hall–Kier alpha value is -1.87. The zero-order valence-electron chi connectivity index (χ0n) is 20.7. The van der Waals surface area contributed by atoms with E-state index in [0.717, 1.165) is 68.4 Å². The molecular formula is C25H38ClN3O5. The predicted octanol–water partition coefficient (Wildman–Crippen LogP) is 4.39. The first-order chi connectivity index (χ1) is 15.9. The third-order valence-corrected chi connectivity index (χ3v) is 7.50. The number of hydrogen-bond acceptors (Lipinski definition) is 7. The van der Waals surface area contributed by atoms with Crippen LogP contribution in [0.5, 0.6) is 0 Å². The highest BCUT2D eigenvalue weighted by Crippen LogP contribution is 2.38. The Labute approximate surface area is 207 Å². The van der Waals surface area contributed by atoms with Crippen LogP contribution in [0.3, 0.4) is 0 Å². The SMILES string of the molecule is COCCO[C@H]1CC[C@](C)(N2CCC(n3c(=O)oc4ccc(C(C)=NOC)cc43)CC2)CC1.Cl. The Morgan fingerprint density at radius 3 is 2.50 bits per heavy atom. The predicted molar refractivity (Wildman–Crippen MR) is 135 cm³/mol. The minimum Gasteiger partial charge on any atom is -0.408 e. The van der Waals surface area contributed by atoms with Gasteiger partial charge in [0.05, 0.1) is 30.5 Å². The average Bonchev–Trinajstić information content (AvgIpc) is 3.15. The number of methoxy groups -OCH3 is 1. The number of aromatic nitrogens is 1. The van der Waals surface area contributed by atoms with E-state index in [4.69, 9.17) is 18.7 Å². The molecule has 2 fully saturated rings. The van der Waals surface area contributed by atoms with E-state index in [9.17, 15) is 4.79 Å². The summed E-state index contributed by atoms with van der Waals surface area (Å²) < 4.78 is 18.5. The summed E-state index contributed by atoms with van der Waals surface area (Å²) in [6, 6.07) is 5.88. The van der Waals surface area contributed by atoms with Crippen LogP contribution < -0.4 is 5.76 Å². The van der Waals surface area contributed by atoms with Crippen molar-refractivity contribution in [3.63, 3.8) is 0 Å².